The van der Waals surface area contributed by atoms with Crippen LogP contribution in [0.4, 0.5) is 0 Å². The van der Waals surface area contributed by atoms with E-state index in [4.69, 9.17) is 4.99 Å². The van der Waals surface area contributed by atoms with E-state index < -0.39 is 0 Å². The summed E-state index contributed by atoms with van der Waals surface area (Å²) in [5.74, 6) is 0.885. The van der Waals surface area contributed by atoms with Gasteiger partial charge in [-0.25, -0.2) is 0 Å². The maximum absolute atomic E-state index is 4.72. The molecule has 0 fully saturated rings. The van der Waals surface area contributed by atoms with Crippen molar-refractivity contribution in [2.24, 2.45) is 12.0 Å². The van der Waals surface area contributed by atoms with E-state index in [1.807, 2.05) is 11.7 Å². The van der Waals surface area contributed by atoms with Gasteiger partial charge in [-0.3, -0.25) is 9.67 Å². The summed E-state index contributed by atoms with van der Waals surface area (Å²) in [5.41, 5.74) is 7.65. The van der Waals surface area contributed by atoms with Gasteiger partial charge in [-0.2, -0.15) is 5.10 Å². The Morgan fingerprint density at radius 3 is 2.26 bits per heavy atom. The molecule has 0 saturated carbocycles. The van der Waals surface area contributed by atoms with E-state index >= 15 is 0 Å². The highest BCUT2D eigenvalue weighted by molar-refractivity contribution is 14.0. The van der Waals surface area contributed by atoms with Gasteiger partial charge in [0.2, 0.25) is 0 Å². The largest absolute Gasteiger partial charge is 0.357 e. The fourth-order valence-electron chi connectivity index (χ4n) is 3.34. The summed E-state index contributed by atoms with van der Waals surface area (Å²) >= 11 is 0. The summed E-state index contributed by atoms with van der Waals surface area (Å²) in [7, 11) is 1.99. The average molecular weight is 483 g/mol. The molecule has 27 heavy (non-hydrogen) atoms. The van der Waals surface area contributed by atoms with Gasteiger partial charge < -0.3 is 10.6 Å². The van der Waals surface area contributed by atoms with Crippen molar-refractivity contribution in [2.75, 3.05) is 19.6 Å². The predicted molar refractivity (Wildman–Crippen MR) is 125 cm³/mol. The highest BCUT2D eigenvalue weighted by atomic mass is 127. The molecular weight excluding hydrogens is 449 g/mol. The first-order chi connectivity index (χ1) is 12.4. The van der Waals surface area contributed by atoms with Crippen LogP contribution in [0.1, 0.15) is 40.6 Å². The smallest absolute Gasteiger partial charge is 0.191 e. The van der Waals surface area contributed by atoms with Gasteiger partial charge in [-0.1, -0.05) is 29.3 Å². The standard InChI is InChI=1S/C21H33N5.HI/c1-7-22-21(23-10-8-19-13-15(2)12-16(3)14-19)24-11-9-20-17(4)25-26(6)18(20)5;/h12-14H,7-11H2,1-6H3,(H2,22,23,24);1H. The van der Waals surface area contributed by atoms with Crippen molar-refractivity contribution in [2.45, 2.75) is 47.5 Å². The zero-order valence-corrected chi connectivity index (χ0v) is 19.8. The van der Waals surface area contributed by atoms with Gasteiger partial charge in [-0.15, -0.1) is 24.0 Å². The number of nitrogens with one attached hydrogen (secondary N) is 2. The second-order valence-corrected chi connectivity index (χ2v) is 6.96. The Bertz CT molecular complexity index is 744. The molecule has 5 nitrogen and oxygen atoms in total. The number of aryl methyl sites for hydroxylation is 4. The van der Waals surface area contributed by atoms with Crippen LogP contribution < -0.4 is 10.6 Å². The Morgan fingerprint density at radius 1 is 1.04 bits per heavy atom. The van der Waals surface area contributed by atoms with E-state index in [0.717, 1.165) is 44.1 Å². The molecule has 0 aliphatic heterocycles. The Morgan fingerprint density at radius 2 is 1.70 bits per heavy atom. The minimum absolute atomic E-state index is 0. The third-order valence-electron chi connectivity index (χ3n) is 4.62. The van der Waals surface area contributed by atoms with Crippen molar-refractivity contribution in [3.8, 4) is 0 Å². The molecule has 1 aromatic heterocycles. The van der Waals surface area contributed by atoms with Gasteiger partial charge in [0, 0.05) is 32.4 Å². The maximum atomic E-state index is 4.72. The van der Waals surface area contributed by atoms with Gasteiger partial charge in [0.05, 0.1) is 5.69 Å². The molecule has 0 amide bonds. The Hall–Kier alpha value is -1.57. The molecule has 2 rings (SSSR count). The zero-order valence-electron chi connectivity index (χ0n) is 17.5. The molecule has 0 atom stereocenters. The van der Waals surface area contributed by atoms with Gasteiger partial charge in [0.1, 0.15) is 0 Å². The van der Waals surface area contributed by atoms with Crippen LogP contribution in [-0.2, 0) is 19.9 Å². The molecule has 0 aliphatic carbocycles. The average Bonchev–Trinajstić information content (AvgIpc) is 2.80. The second kappa shape index (κ2) is 11.3. The van der Waals surface area contributed by atoms with Crippen molar-refractivity contribution in [3.05, 3.63) is 51.8 Å². The number of hydrogen-bond donors (Lipinski definition) is 2. The maximum Gasteiger partial charge on any atom is 0.191 e. The second-order valence-electron chi connectivity index (χ2n) is 6.96. The fraction of sp³-hybridized carbons (Fsp3) is 0.524. The molecule has 2 aromatic rings. The van der Waals surface area contributed by atoms with Crippen LogP contribution in [0.2, 0.25) is 0 Å². The third-order valence-corrected chi connectivity index (χ3v) is 4.62. The number of hydrogen-bond acceptors (Lipinski definition) is 2. The molecule has 6 heteroatoms. The van der Waals surface area contributed by atoms with Gasteiger partial charge in [-0.05, 0) is 58.6 Å². The van der Waals surface area contributed by atoms with E-state index in [1.54, 1.807) is 0 Å². The number of nitrogens with zero attached hydrogens (tertiary/aromatic N) is 3. The molecule has 0 saturated heterocycles. The van der Waals surface area contributed by atoms with E-state index in [2.05, 4.69) is 68.6 Å². The normalized spacial score (nSPS) is 11.3. The topological polar surface area (TPSA) is 54.2 Å². The monoisotopic (exact) mass is 483 g/mol. The number of halogens is 1. The third kappa shape index (κ3) is 7.16. The van der Waals surface area contributed by atoms with Crippen LogP contribution >= 0.6 is 24.0 Å². The van der Waals surface area contributed by atoms with Crippen molar-refractivity contribution in [1.82, 2.24) is 20.4 Å². The molecular formula is C21H34IN5. The predicted octanol–water partition coefficient (Wildman–Crippen LogP) is 3.61. The lowest BCUT2D eigenvalue weighted by molar-refractivity contribution is 0.729. The molecule has 0 aliphatic rings. The van der Waals surface area contributed by atoms with Crippen LogP contribution in [0.3, 0.4) is 0 Å². The van der Waals surface area contributed by atoms with Gasteiger partial charge >= 0.3 is 0 Å². The van der Waals surface area contributed by atoms with E-state index in [1.165, 1.54) is 27.9 Å². The molecule has 0 radical (unpaired) electrons. The van der Waals surface area contributed by atoms with Gasteiger partial charge in [0.15, 0.2) is 5.96 Å². The first kappa shape index (κ1) is 23.5. The van der Waals surface area contributed by atoms with Gasteiger partial charge in [0.25, 0.3) is 0 Å². The minimum Gasteiger partial charge on any atom is -0.357 e. The summed E-state index contributed by atoms with van der Waals surface area (Å²) in [6.07, 6.45) is 1.91. The highest BCUT2D eigenvalue weighted by Gasteiger charge is 2.08. The first-order valence-electron chi connectivity index (χ1n) is 9.49. The Labute approximate surface area is 181 Å². The van der Waals surface area contributed by atoms with Crippen molar-refractivity contribution in [3.63, 3.8) is 0 Å². The lowest BCUT2D eigenvalue weighted by atomic mass is 10.1. The quantitative estimate of drug-likeness (QED) is 0.360. The molecule has 0 unspecified atom stereocenters. The Kier molecular flexibility index (Phi) is 9.83. The first-order valence-corrected chi connectivity index (χ1v) is 9.49. The molecule has 0 bridgehead atoms. The van der Waals surface area contributed by atoms with E-state index in [0.29, 0.717) is 0 Å². The number of aliphatic imine (C=N–C) groups is 1. The minimum atomic E-state index is 0. The Balaban J connectivity index is 0.00000364. The summed E-state index contributed by atoms with van der Waals surface area (Å²) in [4.78, 5) is 4.72. The number of benzene rings is 1. The van der Waals surface area contributed by atoms with E-state index in [-0.39, 0.29) is 24.0 Å². The summed E-state index contributed by atoms with van der Waals surface area (Å²) in [6.45, 7) is 13.1. The molecule has 1 heterocycles. The van der Waals surface area contributed by atoms with Crippen molar-refractivity contribution < 1.29 is 0 Å². The molecule has 2 N–H and O–H groups in total. The number of rotatable bonds is 7. The number of aromatic nitrogens is 2. The van der Waals surface area contributed by atoms with Crippen LogP contribution in [0, 0.1) is 27.7 Å². The molecule has 1 aromatic carbocycles. The summed E-state index contributed by atoms with van der Waals surface area (Å²) in [5, 5.41) is 11.3. The van der Waals surface area contributed by atoms with Crippen molar-refractivity contribution in [1.29, 1.82) is 0 Å². The molecule has 150 valence electrons. The number of guanidine groups is 1. The van der Waals surface area contributed by atoms with E-state index in [9.17, 15) is 0 Å². The lowest BCUT2D eigenvalue weighted by Crippen LogP contribution is -2.38. The van der Waals surface area contributed by atoms with Crippen LogP contribution in [0.5, 0.6) is 0 Å². The summed E-state index contributed by atoms with van der Waals surface area (Å²) < 4.78 is 1.95. The van der Waals surface area contributed by atoms with Crippen LogP contribution in [0.15, 0.2) is 23.2 Å². The highest BCUT2D eigenvalue weighted by Crippen LogP contribution is 2.12. The summed E-state index contributed by atoms with van der Waals surface area (Å²) in [6, 6.07) is 6.73. The van der Waals surface area contributed by atoms with Crippen LogP contribution in [-0.4, -0.2) is 35.4 Å². The fourth-order valence-corrected chi connectivity index (χ4v) is 3.34. The molecule has 0 spiro atoms. The zero-order chi connectivity index (χ0) is 19.1. The lowest BCUT2D eigenvalue weighted by Gasteiger charge is -2.12. The van der Waals surface area contributed by atoms with Crippen molar-refractivity contribution >= 4 is 29.9 Å². The van der Waals surface area contributed by atoms with Crippen LogP contribution in [0.25, 0.3) is 0 Å². The SMILES string of the molecule is CCNC(=NCCc1c(C)nn(C)c1C)NCCc1cc(C)cc(C)c1.I.